The van der Waals surface area contributed by atoms with Gasteiger partial charge in [0.25, 0.3) is 0 Å². The van der Waals surface area contributed by atoms with E-state index < -0.39 is 0 Å². The van der Waals surface area contributed by atoms with Gasteiger partial charge in [0.2, 0.25) is 0 Å². The summed E-state index contributed by atoms with van der Waals surface area (Å²) in [7, 11) is 0. The van der Waals surface area contributed by atoms with Gasteiger partial charge >= 0.3 is 0 Å². The fourth-order valence-corrected chi connectivity index (χ4v) is 1.56. The van der Waals surface area contributed by atoms with Crippen molar-refractivity contribution in [2.45, 2.75) is 59.8 Å². The molecule has 78 valence electrons. The van der Waals surface area contributed by atoms with E-state index in [9.17, 15) is 0 Å². The topological polar surface area (TPSA) is 0 Å². The van der Waals surface area contributed by atoms with Crippen molar-refractivity contribution in [3.05, 3.63) is 12.2 Å². The number of allylic oxidation sites excluding steroid dienone is 2. The molecule has 0 rings (SSSR count). The zero-order chi connectivity index (χ0) is 10.1. The van der Waals surface area contributed by atoms with Crippen molar-refractivity contribution in [1.29, 1.82) is 0 Å². The van der Waals surface area contributed by atoms with Crippen molar-refractivity contribution >= 4 is 0 Å². The first-order chi connectivity index (χ1) is 6.20. The van der Waals surface area contributed by atoms with Crippen LogP contribution >= 0.6 is 0 Å². The molecular formula is C13H26. The highest BCUT2D eigenvalue weighted by atomic mass is 14.1. The summed E-state index contributed by atoms with van der Waals surface area (Å²) < 4.78 is 0. The van der Waals surface area contributed by atoms with Crippen LogP contribution in [0.4, 0.5) is 0 Å². The van der Waals surface area contributed by atoms with E-state index in [1.807, 2.05) is 0 Å². The Hall–Kier alpha value is -0.260. The van der Waals surface area contributed by atoms with Crippen LogP contribution in [0, 0.1) is 11.8 Å². The van der Waals surface area contributed by atoms with E-state index in [0.717, 1.165) is 11.8 Å². The lowest BCUT2D eigenvalue weighted by Gasteiger charge is -2.13. The van der Waals surface area contributed by atoms with Crippen molar-refractivity contribution in [1.82, 2.24) is 0 Å². The Balaban J connectivity index is 3.44. The molecule has 0 radical (unpaired) electrons. The third-order valence-corrected chi connectivity index (χ3v) is 2.66. The average Bonchev–Trinajstić information content (AvgIpc) is 2.12. The average molecular weight is 182 g/mol. The van der Waals surface area contributed by atoms with E-state index in [1.165, 1.54) is 32.1 Å². The van der Waals surface area contributed by atoms with E-state index in [1.54, 1.807) is 0 Å². The molecule has 0 nitrogen and oxygen atoms in total. The summed E-state index contributed by atoms with van der Waals surface area (Å²) in [6.45, 7) is 9.23. The molecule has 0 saturated heterocycles. The SMILES string of the molecule is CCCC=CCC(C)CC(C)CC. The molecule has 0 spiro atoms. The minimum atomic E-state index is 0.864. The monoisotopic (exact) mass is 182 g/mol. The fraction of sp³-hybridized carbons (Fsp3) is 0.846. The molecule has 0 aromatic heterocycles. The lowest BCUT2D eigenvalue weighted by Crippen LogP contribution is -2.00. The maximum atomic E-state index is 2.36. The molecule has 0 heterocycles. The highest BCUT2D eigenvalue weighted by molar-refractivity contribution is 4.82. The zero-order valence-corrected chi connectivity index (χ0v) is 9.84. The molecule has 0 saturated carbocycles. The normalized spacial score (nSPS) is 16.3. The molecule has 2 unspecified atom stereocenters. The minimum absolute atomic E-state index is 0.864. The Morgan fingerprint density at radius 2 is 1.69 bits per heavy atom. The first kappa shape index (κ1) is 12.7. The van der Waals surface area contributed by atoms with Crippen LogP contribution in [0.3, 0.4) is 0 Å². The van der Waals surface area contributed by atoms with Crippen LogP contribution in [0.5, 0.6) is 0 Å². The Morgan fingerprint density at radius 1 is 1.00 bits per heavy atom. The van der Waals surface area contributed by atoms with Gasteiger partial charge in [-0.2, -0.15) is 0 Å². The second kappa shape index (κ2) is 8.34. The minimum Gasteiger partial charge on any atom is -0.0885 e. The van der Waals surface area contributed by atoms with E-state index in [0.29, 0.717) is 0 Å². The lowest BCUT2D eigenvalue weighted by molar-refractivity contribution is 0.408. The number of hydrogen-bond acceptors (Lipinski definition) is 0. The fourth-order valence-electron chi connectivity index (χ4n) is 1.56. The zero-order valence-electron chi connectivity index (χ0n) is 9.84. The van der Waals surface area contributed by atoms with Gasteiger partial charge in [-0.15, -0.1) is 0 Å². The molecule has 0 aromatic carbocycles. The van der Waals surface area contributed by atoms with Crippen LogP contribution in [0.15, 0.2) is 12.2 Å². The van der Waals surface area contributed by atoms with Crippen molar-refractivity contribution in [3.8, 4) is 0 Å². The van der Waals surface area contributed by atoms with Gasteiger partial charge in [-0.25, -0.2) is 0 Å². The largest absolute Gasteiger partial charge is 0.0885 e. The number of hydrogen-bond donors (Lipinski definition) is 0. The van der Waals surface area contributed by atoms with E-state index in [2.05, 4.69) is 39.8 Å². The maximum Gasteiger partial charge on any atom is -0.0325 e. The summed E-state index contributed by atoms with van der Waals surface area (Å²) in [5, 5.41) is 0. The van der Waals surface area contributed by atoms with Crippen molar-refractivity contribution < 1.29 is 0 Å². The maximum absolute atomic E-state index is 2.36. The van der Waals surface area contributed by atoms with Crippen LogP contribution in [0.1, 0.15) is 59.8 Å². The van der Waals surface area contributed by atoms with Gasteiger partial charge in [-0.3, -0.25) is 0 Å². The Bertz CT molecular complexity index is 124. The lowest BCUT2D eigenvalue weighted by atomic mass is 9.93. The molecule has 0 aromatic rings. The van der Waals surface area contributed by atoms with Crippen LogP contribution in [-0.4, -0.2) is 0 Å². The summed E-state index contributed by atoms with van der Waals surface area (Å²) in [6, 6.07) is 0. The summed E-state index contributed by atoms with van der Waals surface area (Å²) in [6.07, 6.45) is 11.2. The Labute approximate surface area is 84.4 Å². The Morgan fingerprint density at radius 3 is 2.23 bits per heavy atom. The third-order valence-electron chi connectivity index (χ3n) is 2.66. The van der Waals surface area contributed by atoms with E-state index in [-0.39, 0.29) is 0 Å². The highest BCUT2D eigenvalue weighted by Gasteiger charge is 2.04. The molecule has 0 aliphatic heterocycles. The predicted octanol–water partition coefficient (Wildman–Crippen LogP) is 4.81. The molecule has 0 N–H and O–H groups in total. The quantitative estimate of drug-likeness (QED) is 0.496. The van der Waals surface area contributed by atoms with Gasteiger partial charge in [-0.05, 0) is 31.1 Å². The molecule has 0 fully saturated rings. The van der Waals surface area contributed by atoms with Gasteiger partial charge < -0.3 is 0 Å². The molecule has 0 amide bonds. The molecule has 0 bridgehead atoms. The van der Waals surface area contributed by atoms with E-state index in [4.69, 9.17) is 0 Å². The number of unbranched alkanes of at least 4 members (excludes halogenated alkanes) is 1. The van der Waals surface area contributed by atoms with Crippen molar-refractivity contribution in [2.75, 3.05) is 0 Å². The van der Waals surface area contributed by atoms with Crippen molar-refractivity contribution in [2.24, 2.45) is 11.8 Å². The first-order valence-electron chi connectivity index (χ1n) is 5.85. The number of rotatable bonds is 7. The van der Waals surface area contributed by atoms with Gasteiger partial charge in [0, 0.05) is 0 Å². The molecule has 0 aliphatic rings. The van der Waals surface area contributed by atoms with E-state index >= 15 is 0 Å². The molecule has 0 heteroatoms. The third kappa shape index (κ3) is 8.08. The molecule has 0 aliphatic carbocycles. The van der Waals surface area contributed by atoms with Crippen molar-refractivity contribution in [3.63, 3.8) is 0 Å². The van der Waals surface area contributed by atoms with Gasteiger partial charge in [-0.1, -0.05) is 52.7 Å². The molecule has 13 heavy (non-hydrogen) atoms. The van der Waals surface area contributed by atoms with Gasteiger partial charge in [0.15, 0.2) is 0 Å². The highest BCUT2D eigenvalue weighted by Crippen LogP contribution is 2.17. The second-order valence-corrected chi connectivity index (χ2v) is 4.35. The summed E-state index contributed by atoms with van der Waals surface area (Å²) >= 11 is 0. The second-order valence-electron chi connectivity index (χ2n) is 4.35. The standard InChI is InChI=1S/C13H26/c1-5-7-8-9-10-13(4)11-12(3)6-2/h8-9,12-13H,5-7,10-11H2,1-4H3. The van der Waals surface area contributed by atoms with Crippen LogP contribution in [0.25, 0.3) is 0 Å². The van der Waals surface area contributed by atoms with Crippen LogP contribution in [-0.2, 0) is 0 Å². The molecular weight excluding hydrogens is 156 g/mol. The van der Waals surface area contributed by atoms with Gasteiger partial charge in [0.05, 0.1) is 0 Å². The predicted molar refractivity (Wildman–Crippen MR) is 61.9 cm³/mol. The van der Waals surface area contributed by atoms with Gasteiger partial charge in [0.1, 0.15) is 0 Å². The Kier molecular flexibility index (Phi) is 8.18. The summed E-state index contributed by atoms with van der Waals surface area (Å²) in [5.74, 6) is 1.76. The first-order valence-corrected chi connectivity index (χ1v) is 5.85. The van der Waals surface area contributed by atoms with Crippen LogP contribution in [0.2, 0.25) is 0 Å². The molecule has 2 atom stereocenters. The summed E-state index contributed by atoms with van der Waals surface area (Å²) in [5.41, 5.74) is 0. The van der Waals surface area contributed by atoms with Crippen LogP contribution < -0.4 is 0 Å². The smallest absolute Gasteiger partial charge is 0.0325 e. The summed E-state index contributed by atoms with van der Waals surface area (Å²) in [4.78, 5) is 0.